The number of pyridine rings is 1. The van der Waals surface area contributed by atoms with Crippen molar-refractivity contribution in [2.24, 2.45) is 0 Å². The number of rotatable bonds is 3. The van der Waals surface area contributed by atoms with Crippen molar-refractivity contribution in [1.82, 2.24) is 19.6 Å². The van der Waals surface area contributed by atoms with E-state index in [1.807, 2.05) is 36.4 Å². The molecule has 0 saturated carbocycles. The molecule has 0 spiro atoms. The van der Waals surface area contributed by atoms with Gasteiger partial charge in [0.05, 0.1) is 11.4 Å². The minimum Gasteiger partial charge on any atom is -0.398 e. The lowest BCUT2D eigenvalue weighted by Crippen LogP contribution is -2.43. The summed E-state index contributed by atoms with van der Waals surface area (Å²) >= 11 is 0. The summed E-state index contributed by atoms with van der Waals surface area (Å²) in [5, 5.41) is 3.40. The van der Waals surface area contributed by atoms with Crippen molar-refractivity contribution in [2.75, 3.05) is 31.9 Å². The Hall–Kier alpha value is -2.37. The Bertz CT molecular complexity index is 817. The summed E-state index contributed by atoms with van der Waals surface area (Å²) in [4.78, 5) is 7.32. The first kappa shape index (κ1) is 14.2. The highest BCUT2D eigenvalue weighted by molar-refractivity contribution is 5.77. The van der Waals surface area contributed by atoms with Crippen molar-refractivity contribution in [3.8, 4) is 11.3 Å². The van der Waals surface area contributed by atoms with Crippen LogP contribution in [0.25, 0.3) is 16.9 Å². The van der Waals surface area contributed by atoms with Gasteiger partial charge in [-0.15, -0.1) is 0 Å². The second-order valence-electron chi connectivity index (χ2n) is 5.95. The number of benzene rings is 1. The molecule has 1 aromatic carbocycles. The first-order valence-corrected chi connectivity index (χ1v) is 8.07. The molecule has 0 radical (unpaired) electrons. The van der Waals surface area contributed by atoms with Crippen molar-refractivity contribution in [3.63, 3.8) is 0 Å². The number of anilines is 1. The van der Waals surface area contributed by atoms with Gasteiger partial charge in [0.1, 0.15) is 5.65 Å². The number of piperazine rings is 1. The lowest BCUT2D eigenvalue weighted by Gasteiger charge is -2.27. The molecule has 1 saturated heterocycles. The van der Waals surface area contributed by atoms with Crippen LogP contribution in [-0.4, -0.2) is 40.5 Å². The van der Waals surface area contributed by atoms with Crippen LogP contribution in [0.2, 0.25) is 0 Å². The van der Waals surface area contributed by atoms with Crippen LogP contribution in [0.15, 0.2) is 48.7 Å². The van der Waals surface area contributed by atoms with Crippen molar-refractivity contribution >= 4 is 11.3 Å². The number of imidazole rings is 1. The van der Waals surface area contributed by atoms with E-state index < -0.39 is 0 Å². The molecule has 0 unspecified atom stereocenters. The van der Waals surface area contributed by atoms with Crippen LogP contribution in [0.4, 0.5) is 5.69 Å². The molecule has 118 valence electrons. The maximum absolute atomic E-state index is 6.20. The number of hydrogen-bond donors (Lipinski definition) is 2. The Morgan fingerprint density at radius 3 is 2.65 bits per heavy atom. The van der Waals surface area contributed by atoms with Crippen LogP contribution in [0.3, 0.4) is 0 Å². The van der Waals surface area contributed by atoms with Gasteiger partial charge in [-0.1, -0.05) is 24.3 Å². The van der Waals surface area contributed by atoms with E-state index in [1.54, 1.807) is 0 Å². The van der Waals surface area contributed by atoms with Crippen LogP contribution < -0.4 is 11.1 Å². The molecular formula is C18H21N5. The van der Waals surface area contributed by atoms with E-state index in [2.05, 4.69) is 26.9 Å². The van der Waals surface area contributed by atoms with E-state index in [0.29, 0.717) is 0 Å². The standard InChI is InChI=1S/C18H21N5/c19-15-6-2-1-5-14(15)18-16(13-22-11-8-20-9-12-22)23-10-4-3-7-17(23)21-18/h1-7,10,20H,8-9,11-13,19H2. The zero-order valence-electron chi connectivity index (χ0n) is 13.1. The average Bonchev–Trinajstić information content (AvgIpc) is 2.95. The number of hydrogen-bond acceptors (Lipinski definition) is 4. The summed E-state index contributed by atoms with van der Waals surface area (Å²) in [6.45, 7) is 5.09. The molecule has 23 heavy (non-hydrogen) atoms. The van der Waals surface area contributed by atoms with Gasteiger partial charge in [-0.05, 0) is 18.2 Å². The van der Waals surface area contributed by atoms with Crippen LogP contribution >= 0.6 is 0 Å². The number of aromatic nitrogens is 2. The second-order valence-corrected chi connectivity index (χ2v) is 5.95. The van der Waals surface area contributed by atoms with E-state index in [-0.39, 0.29) is 0 Å². The summed E-state index contributed by atoms with van der Waals surface area (Å²) in [6, 6.07) is 14.1. The normalized spacial score (nSPS) is 16.0. The number of para-hydroxylation sites is 1. The molecule has 2 aromatic heterocycles. The second kappa shape index (κ2) is 6.02. The smallest absolute Gasteiger partial charge is 0.137 e. The summed E-state index contributed by atoms with van der Waals surface area (Å²) in [5.41, 5.74) is 11.2. The van der Waals surface area contributed by atoms with Crippen LogP contribution in [0.1, 0.15) is 5.69 Å². The highest BCUT2D eigenvalue weighted by atomic mass is 15.2. The number of nitrogen functional groups attached to an aromatic ring is 1. The zero-order chi connectivity index (χ0) is 15.6. The summed E-state index contributed by atoms with van der Waals surface area (Å²) in [5.74, 6) is 0. The van der Waals surface area contributed by atoms with Gasteiger partial charge in [-0.2, -0.15) is 0 Å². The maximum Gasteiger partial charge on any atom is 0.137 e. The lowest BCUT2D eigenvalue weighted by atomic mass is 10.1. The van der Waals surface area contributed by atoms with Crippen LogP contribution in [0.5, 0.6) is 0 Å². The van der Waals surface area contributed by atoms with Gasteiger partial charge in [0.2, 0.25) is 0 Å². The molecule has 0 aliphatic carbocycles. The van der Waals surface area contributed by atoms with Crippen molar-refractivity contribution in [1.29, 1.82) is 0 Å². The highest BCUT2D eigenvalue weighted by Gasteiger charge is 2.19. The minimum atomic E-state index is 0.775. The fourth-order valence-corrected chi connectivity index (χ4v) is 3.21. The Labute approximate surface area is 135 Å². The van der Waals surface area contributed by atoms with Gasteiger partial charge >= 0.3 is 0 Å². The van der Waals surface area contributed by atoms with Gasteiger partial charge < -0.3 is 15.5 Å². The quantitative estimate of drug-likeness (QED) is 0.727. The number of nitrogens with one attached hydrogen (secondary N) is 1. The lowest BCUT2D eigenvalue weighted by molar-refractivity contribution is 0.230. The fourth-order valence-electron chi connectivity index (χ4n) is 3.21. The van der Waals surface area contributed by atoms with E-state index >= 15 is 0 Å². The fraction of sp³-hybridized carbons (Fsp3) is 0.278. The molecule has 0 bridgehead atoms. The zero-order valence-corrected chi connectivity index (χ0v) is 13.1. The van der Waals surface area contributed by atoms with Gasteiger partial charge in [0, 0.05) is 50.2 Å². The summed E-state index contributed by atoms with van der Waals surface area (Å²) in [7, 11) is 0. The van der Waals surface area contributed by atoms with Crippen LogP contribution in [0, 0.1) is 0 Å². The topological polar surface area (TPSA) is 58.6 Å². The minimum absolute atomic E-state index is 0.775. The molecule has 3 aromatic rings. The highest BCUT2D eigenvalue weighted by Crippen LogP contribution is 2.29. The van der Waals surface area contributed by atoms with Crippen molar-refractivity contribution in [3.05, 3.63) is 54.4 Å². The number of fused-ring (bicyclic) bond motifs is 1. The van der Waals surface area contributed by atoms with E-state index in [0.717, 1.165) is 55.3 Å². The maximum atomic E-state index is 6.20. The number of nitrogens with zero attached hydrogens (tertiary/aromatic N) is 3. The summed E-state index contributed by atoms with van der Waals surface area (Å²) in [6.07, 6.45) is 2.09. The Morgan fingerprint density at radius 2 is 1.83 bits per heavy atom. The molecule has 0 amide bonds. The molecule has 1 aliphatic rings. The monoisotopic (exact) mass is 307 g/mol. The van der Waals surface area contributed by atoms with E-state index in [4.69, 9.17) is 10.7 Å². The molecule has 1 aliphatic heterocycles. The predicted molar refractivity (Wildman–Crippen MR) is 93.2 cm³/mol. The molecular weight excluding hydrogens is 286 g/mol. The summed E-state index contributed by atoms with van der Waals surface area (Å²) < 4.78 is 2.18. The van der Waals surface area contributed by atoms with Crippen LogP contribution in [-0.2, 0) is 6.54 Å². The van der Waals surface area contributed by atoms with E-state index in [1.165, 1.54) is 5.69 Å². The Kier molecular flexibility index (Phi) is 3.73. The van der Waals surface area contributed by atoms with Crippen molar-refractivity contribution in [2.45, 2.75) is 6.54 Å². The molecule has 5 heteroatoms. The van der Waals surface area contributed by atoms with Gasteiger partial charge in [-0.25, -0.2) is 4.98 Å². The number of nitrogens with two attached hydrogens (primary N) is 1. The molecule has 0 atom stereocenters. The van der Waals surface area contributed by atoms with Gasteiger partial charge in [-0.3, -0.25) is 4.90 Å². The largest absolute Gasteiger partial charge is 0.398 e. The van der Waals surface area contributed by atoms with Gasteiger partial charge in [0.25, 0.3) is 0 Å². The van der Waals surface area contributed by atoms with Crippen molar-refractivity contribution < 1.29 is 0 Å². The average molecular weight is 307 g/mol. The third-order valence-corrected chi connectivity index (χ3v) is 4.43. The molecule has 5 nitrogen and oxygen atoms in total. The van der Waals surface area contributed by atoms with E-state index in [9.17, 15) is 0 Å². The molecule has 1 fully saturated rings. The predicted octanol–water partition coefficient (Wildman–Crippen LogP) is 1.99. The Balaban J connectivity index is 1.83. The third-order valence-electron chi connectivity index (χ3n) is 4.43. The molecule has 4 rings (SSSR count). The SMILES string of the molecule is Nc1ccccc1-c1nc2ccccn2c1CN1CCNCC1. The molecule has 3 N–H and O–H groups in total. The first-order chi connectivity index (χ1) is 11.3. The third kappa shape index (κ3) is 2.69. The Morgan fingerprint density at radius 1 is 1.04 bits per heavy atom. The first-order valence-electron chi connectivity index (χ1n) is 8.07. The molecule has 3 heterocycles. The van der Waals surface area contributed by atoms with Gasteiger partial charge in [0.15, 0.2) is 0 Å².